The SMILES string of the molecule is CCOc1cccc(C(=O)c2cnn(C)c2N)c1. The lowest BCUT2D eigenvalue weighted by molar-refractivity contribution is 0.103. The van der Waals surface area contributed by atoms with E-state index in [1.54, 1.807) is 25.2 Å². The summed E-state index contributed by atoms with van der Waals surface area (Å²) < 4.78 is 6.84. The molecule has 0 aliphatic rings. The summed E-state index contributed by atoms with van der Waals surface area (Å²) in [5.41, 5.74) is 6.74. The highest BCUT2D eigenvalue weighted by Gasteiger charge is 2.16. The van der Waals surface area contributed by atoms with Crippen LogP contribution in [0.5, 0.6) is 5.75 Å². The molecule has 2 rings (SSSR count). The van der Waals surface area contributed by atoms with Crippen molar-refractivity contribution in [2.75, 3.05) is 12.3 Å². The number of nitrogens with zero attached hydrogens (tertiary/aromatic N) is 2. The van der Waals surface area contributed by atoms with Crippen molar-refractivity contribution in [3.05, 3.63) is 41.6 Å². The number of anilines is 1. The van der Waals surface area contributed by atoms with Crippen LogP contribution >= 0.6 is 0 Å². The fourth-order valence-electron chi connectivity index (χ4n) is 1.67. The molecular weight excluding hydrogens is 230 g/mol. The maximum Gasteiger partial charge on any atom is 0.198 e. The molecule has 5 heteroatoms. The first kappa shape index (κ1) is 12.2. The first-order chi connectivity index (χ1) is 8.63. The number of nitrogens with two attached hydrogens (primary N) is 1. The molecule has 18 heavy (non-hydrogen) atoms. The largest absolute Gasteiger partial charge is 0.494 e. The molecule has 0 aliphatic carbocycles. The van der Waals surface area contributed by atoms with Crippen LogP contribution in [0.3, 0.4) is 0 Å². The summed E-state index contributed by atoms with van der Waals surface area (Å²) in [5, 5.41) is 3.96. The molecule has 0 bridgehead atoms. The molecule has 0 saturated carbocycles. The van der Waals surface area contributed by atoms with E-state index >= 15 is 0 Å². The van der Waals surface area contributed by atoms with E-state index < -0.39 is 0 Å². The van der Waals surface area contributed by atoms with Gasteiger partial charge in [0.25, 0.3) is 0 Å². The van der Waals surface area contributed by atoms with E-state index in [-0.39, 0.29) is 5.78 Å². The van der Waals surface area contributed by atoms with Crippen LogP contribution in [0.25, 0.3) is 0 Å². The Morgan fingerprint density at radius 3 is 2.89 bits per heavy atom. The van der Waals surface area contributed by atoms with E-state index in [1.807, 2.05) is 13.0 Å². The molecule has 1 heterocycles. The summed E-state index contributed by atoms with van der Waals surface area (Å²) in [6, 6.07) is 7.03. The molecule has 0 saturated heterocycles. The number of aryl methyl sites for hydroxylation is 1. The number of benzene rings is 1. The van der Waals surface area contributed by atoms with Gasteiger partial charge in [-0.3, -0.25) is 9.48 Å². The van der Waals surface area contributed by atoms with E-state index in [0.717, 1.165) is 0 Å². The van der Waals surface area contributed by atoms with Crippen LogP contribution in [0.1, 0.15) is 22.8 Å². The minimum atomic E-state index is -0.151. The van der Waals surface area contributed by atoms with Gasteiger partial charge in [-0.2, -0.15) is 5.10 Å². The minimum absolute atomic E-state index is 0.151. The van der Waals surface area contributed by atoms with Gasteiger partial charge in [0.15, 0.2) is 5.78 Å². The fraction of sp³-hybridized carbons (Fsp3) is 0.231. The van der Waals surface area contributed by atoms with Crippen LogP contribution < -0.4 is 10.5 Å². The van der Waals surface area contributed by atoms with Gasteiger partial charge in [0, 0.05) is 12.6 Å². The van der Waals surface area contributed by atoms with E-state index in [0.29, 0.717) is 29.3 Å². The van der Waals surface area contributed by atoms with Crippen molar-refractivity contribution in [1.82, 2.24) is 9.78 Å². The molecule has 2 N–H and O–H groups in total. The molecule has 0 amide bonds. The van der Waals surface area contributed by atoms with Crippen LogP contribution in [0, 0.1) is 0 Å². The molecule has 1 aromatic carbocycles. The molecule has 0 spiro atoms. The van der Waals surface area contributed by atoms with Gasteiger partial charge in [-0.15, -0.1) is 0 Å². The molecule has 1 aromatic heterocycles. The highest BCUT2D eigenvalue weighted by Crippen LogP contribution is 2.19. The van der Waals surface area contributed by atoms with Crippen LogP contribution in [-0.4, -0.2) is 22.2 Å². The lowest BCUT2D eigenvalue weighted by atomic mass is 10.1. The van der Waals surface area contributed by atoms with E-state index in [2.05, 4.69) is 5.10 Å². The van der Waals surface area contributed by atoms with Gasteiger partial charge in [-0.1, -0.05) is 12.1 Å². The van der Waals surface area contributed by atoms with Gasteiger partial charge >= 0.3 is 0 Å². The quantitative estimate of drug-likeness (QED) is 0.831. The van der Waals surface area contributed by atoms with Crippen molar-refractivity contribution >= 4 is 11.6 Å². The number of ether oxygens (including phenoxy) is 1. The number of nitrogen functional groups attached to an aromatic ring is 1. The monoisotopic (exact) mass is 245 g/mol. The average Bonchev–Trinajstić information content (AvgIpc) is 2.70. The van der Waals surface area contributed by atoms with E-state index in [1.165, 1.54) is 10.9 Å². The van der Waals surface area contributed by atoms with Crippen molar-refractivity contribution in [2.24, 2.45) is 7.05 Å². The molecule has 0 radical (unpaired) electrons. The van der Waals surface area contributed by atoms with Crippen molar-refractivity contribution in [1.29, 1.82) is 0 Å². The van der Waals surface area contributed by atoms with Gasteiger partial charge in [0.1, 0.15) is 11.6 Å². The summed E-state index contributed by atoms with van der Waals surface area (Å²) in [7, 11) is 1.70. The normalized spacial score (nSPS) is 10.3. The molecule has 0 unspecified atom stereocenters. The van der Waals surface area contributed by atoms with Gasteiger partial charge in [0.05, 0.1) is 18.4 Å². The summed E-state index contributed by atoms with van der Waals surface area (Å²) in [6.07, 6.45) is 1.48. The van der Waals surface area contributed by atoms with Crippen LogP contribution in [-0.2, 0) is 7.05 Å². The molecule has 0 aliphatic heterocycles. The second-order valence-corrected chi connectivity index (χ2v) is 3.86. The summed E-state index contributed by atoms with van der Waals surface area (Å²) >= 11 is 0. The number of aromatic nitrogens is 2. The van der Waals surface area contributed by atoms with Crippen LogP contribution in [0.15, 0.2) is 30.5 Å². The zero-order chi connectivity index (χ0) is 13.1. The van der Waals surface area contributed by atoms with Gasteiger partial charge < -0.3 is 10.5 Å². The highest BCUT2D eigenvalue weighted by atomic mass is 16.5. The third kappa shape index (κ3) is 2.20. The maximum absolute atomic E-state index is 12.2. The van der Waals surface area contributed by atoms with Gasteiger partial charge in [-0.25, -0.2) is 0 Å². The lowest BCUT2D eigenvalue weighted by Crippen LogP contribution is -2.06. The second-order valence-electron chi connectivity index (χ2n) is 3.86. The predicted molar refractivity (Wildman–Crippen MR) is 68.7 cm³/mol. The zero-order valence-corrected chi connectivity index (χ0v) is 10.4. The molecule has 5 nitrogen and oxygen atoms in total. The Morgan fingerprint density at radius 1 is 1.50 bits per heavy atom. The van der Waals surface area contributed by atoms with Crippen LogP contribution in [0.2, 0.25) is 0 Å². The number of rotatable bonds is 4. The average molecular weight is 245 g/mol. The number of carbonyl (C=O) groups is 1. The Hall–Kier alpha value is -2.30. The summed E-state index contributed by atoms with van der Waals surface area (Å²) in [5.74, 6) is 0.884. The Morgan fingerprint density at radius 2 is 2.28 bits per heavy atom. The third-order valence-corrected chi connectivity index (χ3v) is 2.64. The lowest BCUT2D eigenvalue weighted by Gasteiger charge is -2.05. The molecule has 0 atom stereocenters. The maximum atomic E-state index is 12.2. The van der Waals surface area contributed by atoms with E-state index in [9.17, 15) is 4.79 Å². The predicted octanol–water partition coefficient (Wildman–Crippen LogP) is 1.63. The number of carbonyl (C=O) groups excluding carboxylic acids is 1. The van der Waals surface area contributed by atoms with Crippen molar-refractivity contribution in [3.8, 4) is 5.75 Å². The molecule has 0 fully saturated rings. The molecule has 2 aromatic rings. The smallest absolute Gasteiger partial charge is 0.198 e. The molecular formula is C13H15N3O2. The number of ketones is 1. The fourth-order valence-corrected chi connectivity index (χ4v) is 1.67. The van der Waals surface area contributed by atoms with Crippen molar-refractivity contribution in [3.63, 3.8) is 0 Å². The highest BCUT2D eigenvalue weighted by molar-refractivity contribution is 6.11. The Balaban J connectivity index is 2.34. The number of hydrogen-bond donors (Lipinski definition) is 1. The topological polar surface area (TPSA) is 70.1 Å². The standard InChI is InChI=1S/C13H15N3O2/c1-3-18-10-6-4-5-9(7-10)12(17)11-8-15-16(2)13(11)14/h4-8H,3,14H2,1-2H3. The zero-order valence-electron chi connectivity index (χ0n) is 10.4. The Labute approximate surface area is 105 Å². The molecule has 94 valence electrons. The van der Waals surface area contributed by atoms with Gasteiger partial charge in [-0.05, 0) is 19.1 Å². The Bertz CT molecular complexity index is 575. The first-order valence-electron chi connectivity index (χ1n) is 5.68. The summed E-state index contributed by atoms with van der Waals surface area (Å²) in [6.45, 7) is 2.46. The number of hydrogen-bond acceptors (Lipinski definition) is 4. The Kier molecular flexibility index (Phi) is 3.32. The van der Waals surface area contributed by atoms with Crippen molar-refractivity contribution < 1.29 is 9.53 Å². The van der Waals surface area contributed by atoms with Crippen molar-refractivity contribution in [2.45, 2.75) is 6.92 Å². The van der Waals surface area contributed by atoms with Crippen LogP contribution in [0.4, 0.5) is 5.82 Å². The minimum Gasteiger partial charge on any atom is -0.494 e. The first-order valence-corrected chi connectivity index (χ1v) is 5.68. The second kappa shape index (κ2) is 4.91. The van der Waals surface area contributed by atoms with Gasteiger partial charge in [0.2, 0.25) is 0 Å². The third-order valence-electron chi connectivity index (χ3n) is 2.64. The summed E-state index contributed by atoms with van der Waals surface area (Å²) in [4.78, 5) is 12.2. The van der Waals surface area contributed by atoms with E-state index in [4.69, 9.17) is 10.5 Å².